The molecule has 1 heterocycles. The van der Waals surface area contributed by atoms with Gasteiger partial charge in [0.15, 0.2) is 0 Å². The summed E-state index contributed by atoms with van der Waals surface area (Å²) in [6.45, 7) is 0. The molecule has 3 nitrogen and oxygen atoms in total. The van der Waals surface area contributed by atoms with Gasteiger partial charge in [-0.05, 0) is 42.3 Å². The minimum absolute atomic E-state index is 0.225. The Morgan fingerprint density at radius 1 is 1.05 bits per heavy atom. The number of thioether (sulfide) groups is 1. The summed E-state index contributed by atoms with van der Waals surface area (Å²) < 4.78 is 0. The number of para-hydroxylation sites is 1. The zero-order valence-electron chi connectivity index (χ0n) is 11.3. The van der Waals surface area contributed by atoms with Crippen molar-refractivity contribution >= 4 is 51.8 Å². The van der Waals surface area contributed by atoms with Crippen LogP contribution in [0.4, 0.5) is 10.5 Å². The molecule has 112 valence electrons. The lowest BCUT2D eigenvalue weighted by Crippen LogP contribution is -2.32. The Labute approximate surface area is 142 Å². The number of benzene rings is 2. The first-order valence-electron chi connectivity index (χ1n) is 6.60. The van der Waals surface area contributed by atoms with E-state index in [-0.39, 0.29) is 11.1 Å². The summed E-state index contributed by atoms with van der Waals surface area (Å²) in [6.07, 6.45) is 0.373. The number of imide groups is 1. The molecule has 0 bridgehead atoms. The number of rotatable bonds is 3. The van der Waals surface area contributed by atoms with Crippen molar-refractivity contribution < 1.29 is 9.59 Å². The van der Waals surface area contributed by atoms with E-state index in [2.05, 4.69) is 0 Å². The van der Waals surface area contributed by atoms with Gasteiger partial charge < -0.3 is 0 Å². The Bertz CT molecular complexity index is 736. The van der Waals surface area contributed by atoms with Gasteiger partial charge in [0.25, 0.3) is 5.24 Å². The Hall–Kier alpha value is -1.49. The Morgan fingerprint density at radius 3 is 2.50 bits per heavy atom. The molecule has 1 unspecified atom stereocenters. The van der Waals surface area contributed by atoms with Crippen molar-refractivity contribution in [1.29, 1.82) is 0 Å². The lowest BCUT2D eigenvalue weighted by atomic mass is 10.1. The molecule has 0 saturated carbocycles. The molecule has 3 rings (SSSR count). The van der Waals surface area contributed by atoms with Crippen molar-refractivity contribution in [1.82, 2.24) is 0 Å². The molecular formula is C16H11Cl2NO2S. The molecule has 1 saturated heterocycles. The van der Waals surface area contributed by atoms with Gasteiger partial charge in [-0.25, -0.2) is 4.90 Å². The molecule has 1 aliphatic heterocycles. The second-order valence-electron chi connectivity index (χ2n) is 4.82. The van der Waals surface area contributed by atoms with Crippen LogP contribution >= 0.6 is 35.0 Å². The third-order valence-corrected chi connectivity index (χ3v) is 4.99. The summed E-state index contributed by atoms with van der Waals surface area (Å²) in [5.74, 6) is -0.225. The maximum atomic E-state index is 12.5. The summed E-state index contributed by atoms with van der Waals surface area (Å²) in [7, 11) is 0. The molecule has 6 heteroatoms. The average molecular weight is 352 g/mol. The van der Waals surface area contributed by atoms with Gasteiger partial charge in [-0.15, -0.1) is 0 Å². The number of hydrogen-bond acceptors (Lipinski definition) is 3. The van der Waals surface area contributed by atoms with Gasteiger partial charge in [-0.2, -0.15) is 0 Å². The SMILES string of the molecule is O=C1SC(Cc2cc(Cl)ccc2Cl)C(=O)N1c1ccccc1. The zero-order chi connectivity index (χ0) is 15.7. The molecule has 0 N–H and O–H groups in total. The molecule has 0 aliphatic carbocycles. The number of hydrogen-bond donors (Lipinski definition) is 0. The van der Waals surface area contributed by atoms with Crippen molar-refractivity contribution in [3.63, 3.8) is 0 Å². The van der Waals surface area contributed by atoms with Crippen molar-refractivity contribution in [3.05, 3.63) is 64.1 Å². The van der Waals surface area contributed by atoms with Crippen LogP contribution in [0.15, 0.2) is 48.5 Å². The fraction of sp³-hybridized carbons (Fsp3) is 0.125. The van der Waals surface area contributed by atoms with Gasteiger partial charge in [-0.3, -0.25) is 9.59 Å². The quantitative estimate of drug-likeness (QED) is 0.796. The van der Waals surface area contributed by atoms with Gasteiger partial charge in [-0.1, -0.05) is 53.2 Å². The van der Waals surface area contributed by atoms with Gasteiger partial charge >= 0.3 is 0 Å². The van der Waals surface area contributed by atoms with Gasteiger partial charge in [0, 0.05) is 10.0 Å². The molecule has 0 radical (unpaired) electrons. The first-order chi connectivity index (χ1) is 10.6. The van der Waals surface area contributed by atoms with Gasteiger partial charge in [0.2, 0.25) is 5.91 Å². The van der Waals surface area contributed by atoms with Crippen LogP contribution in [0.1, 0.15) is 5.56 Å². The number of carbonyl (C=O) groups excluding carboxylic acids is 2. The fourth-order valence-corrected chi connectivity index (χ4v) is 3.70. The van der Waals surface area contributed by atoms with Crippen LogP contribution in [0.3, 0.4) is 0 Å². The van der Waals surface area contributed by atoms with Crippen molar-refractivity contribution in [2.75, 3.05) is 4.90 Å². The van der Waals surface area contributed by atoms with Gasteiger partial charge in [0.05, 0.1) is 10.9 Å². The number of carbonyl (C=O) groups is 2. The first kappa shape index (κ1) is 15.4. The number of anilines is 1. The van der Waals surface area contributed by atoms with Crippen LogP contribution < -0.4 is 4.90 Å². The molecule has 1 aliphatic rings. The first-order valence-corrected chi connectivity index (χ1v) is 8.23. The molecule has 2 aromatic rings. The van der Waals surface area contributed by atoms with E-state index in [1.165, 1.54) is 4.90 Å². The van der Waals surface area contributed by atoms with E-state index in [1.54, 1.807) is 42.5 Å². The monoisotopic (exact) mass is 351 g/mol. The normalized spacial score (nSPS) is 18.1. The summed E-state index contributed by atoms with van der Waals surface area (Å²) in [5, 5.41) is 0.354. The maximum Gasteiger partial charge on any atom is 0.293 e. The van der Waals surface area contributed by atoms with Crippen LogP contribution in [-0.4, -0.2) is 16.4 Å². The van der Waals surface area contributed by atoms with Crippen LogP contribution in [-0.2, 0) is 11.2 Å². The summed E-state index contributed by atoms with van der Waals surface area (Å²) >= 11 is 13.1. The highest BCUT2D eigenvalue weighted by Crippen LogP contribution is 2.34. The standard InChI is InChI=1S/C16H11Cl2NO2S/c17-11-6-7-13(18)10(8-11)9-14-15(20)19(16(21)22-14)12-4-2-1-3-5-12/h1-8,14H,9H2. The minimum atomic E-state index is -0.483. The third kappa shape index (κ3) is 3.00. The molecule has 2 amide bonds. The Kier molecular flexibility index (Phi) is 4.43. The lowest BCUT2D eigenvalue weighted by molar-refractivity contribution is -0.117. The smallest absolute Gasteiger partial charge is 0.273 e. The predicted octanol–water partition coefficient (Wildman–Crippen LogP) is 4.80. The lowest BCUT2D eigenvalue weighted by Gasteiger charge is -2.14. The molecule has 2 aromatic carbocycles. The topological polar surface area (TPSA) is 37.4 Å². The van der Waals surface area contributed by atoms with E-state index >= 15 is 0 Å². The van der Waals surface area contributed by atoms with Crippen molar-refractivity contribution in [3.8, 4) is 0 Å². The molecule has 1 atom stereocenters. The minimum Gasteiger partial charge on any atom is -0.273 e. The van der Waals surface area contributed by atoms with Crippen LogP contribution in [0.2, 0.25) is 10.0 Å². The van der Waals surface area contributed by atoms with E-state index in [1.807, 2.05) is 6.07 Å². The Balaban J connectivity index is 1.84. The number of halogens is 2. The van der Waals surface area contributed by atoms with Crippen LogP contribution in [0, 0.1) is 0 Å². The van der Waals surface area contributed by atoms with E-state index < -0.39 is 5.25 Å². The second-order valence-corrected chi connectivity index (χ2v) is 6.82. The van der Waals surface area contributed by atoms with Crippen LogP contribution in [0.25, 0.3) is 0 Å². The molecule has 0 spiro atoms. The van der Waals surface area contributed by atoms with E-state index in [0.29, 0.717) is 22.2 Å². The van der Waals surface area contributed by atoms with Crippen molar-refractivity contribution in [2.24, 2.45) is 0 Å². The molecule has 1 fully saturated rings. The van der Waals surface area contributed by atoms with E-state index in [9.17, 15) is 9.59 Å². The number of nitrogens with zero attached hydrogens (tertiary/aromatic N) is 1. The largest absolute Gasteiger partial charge is 0.293 e. The summed E-state index contributed by atoms with van der Waals surface area (Å²) in [4.78, 5) is 25.9. The summed E-state index contributed by atoms with van der Waals surface area (Å²) in [5.41, 5.74) is 1.35. The van der Waals surface area contributed by atoms with E-state index in [0.717, 1.165) is 17.3 Å². The maximum absolute atomic E-state index is 12.5. The fourth-order valence-electron chi connectivity index (χ4n) is 2.30. The molecule has 0 aromatic heterocycles. The zero-order valence-corrected chi connectivity index (χ0v) is 13.7. The summed E-state index contributed by atoms with van der Waals surface area (Å²) in [6, 6.07) is 14.0. The number of amides is 2. The highest BCUT2D eigenvalue weighted by molar-refractivity contribution is 8.15. The predicted molar refractivity (Wildman–Crippen MR) is 90.9 cm³/mol. The second kappa shape index (κ2) is 6.32. The van der Waals surface area contributed by atoms with E-state index in [4.69, 9.17) is 23.2 Å². The highest BCUT2D eigenvalue weighted by atomic mass is 35.5. The third-order valence-electron chi connectivity index (χ3n) is 3.35. The average Bonchev–Trinajstić information content (AvgIpc) is 2.78. The van der Waals surface area contributed by atoms with Gasteiger partial charge in [0.1, 0.15) is 0 Å². The molecular weight excluding hydrogens is 341 g/mol. The highest BCUT2D eigenvalue weighted by Gasteiger charge is 2.40. The van der Waals surface area contributed by atoms with Crippen LogP contribution in [0.5, 0.6) is 0 Å². The molecule has 22 heavy (non-hydrogen) atoms. The Morgan fingerprint density at radius 2 is 1.77 bits per heavy atom. The van der Waals surface area contributed by atoms with Crippen molar-refractivity contribution in [2.45, 2.75) is 11.7 Å².